The van der Waals surface area contributed by atoms with E-state index in [9.17, 15) is 10.1 Å². The van der Waals surface area contributed by atoms with Crippen molar-refractivity contribution in [1.29, 1.82) is 0 Å². The molecule has 14 heavy (non-hydrogen) atoms. The minimum Gasteiger partial charge on any atom is -0.789 e. The molecule has 0 atom stereocenters. The molecule has 2 aliphatic heterocycles. The van der Waals surface area contributed by atoms with E-state index in [-0.39, 0.29) is 32.7 Å². The highest BCUT2D eigenvalue weighted by atomic mass is 16.5. The van der Waals surface area contributed by atoms with Gasteiger partial charge in [0.1, 0.15) is 4.54 Å². The van der Waals surface area contributed by atoms with Gasteiger partial charge in [-0.25, -0.2) is 4.98 Å². The summed E-state index contributed by atoms with van der Waals surface area (Å²) in [6, 6.07) is 0. The van der Waals surface area contributed by atoms with E-state index in [1.807, 2.05) is 0 Å². The molecule has 0 aromatic rings. The van der Waals surface area contributed by atoms with Gasteiger partial charge in [0.15, 0.2) is 5.82 Å². The van der Waals surface area contributed by atoms with Crippen LogP contribution in [-0.4, -0.2) is 25.0 Å². The summed E-state index contributed by atoms with van der Waals surface area (Å²) in [6.45, 7) is 3.02. The highest BCUT2D eigenvalue weighted by Gasteiger charge is 2.23. The number of rotatable bonds is 0. The molecule has 2 heterocycles. The van der Waals surface area contributed by atoms with Crippen molar-refractivity contribution >= 4 is 0 Å². The van der Waals surface area contributed by atoms with Crippen LogP contribution in [0.15, 0.2) is 0 Å². The van der Waals surface area contributed by atoms with Crippen LogP contribution < -0.4 is 4.54 Å². The van der Waals surface area contributed by atoms with E-state index < -0.39 is 0 Å². The molecule has 0 fully saturated rings. The molecule has 0 N–H and O–H groups in total. The van der Waals surface area contributed by atoms with Crippen LogP contribution in [0, 0.1) is 24.0 Å². The summed E-state index contributed by atoms with van der Waals surface area (Å²) in [4.78, 5) is 19.0. The summed E-state index contributed by atoms with van der Waals surface area (Å²) >= 11 is 0. The van der Waals surface area contributed by atoms with E-state index in [1.54, 1.807) is 0 Å². The predicted octanol–water partition coefficient (Wildman–Crippen LogP) is -0.950. The summed E-state index contributed by atoms with van der Waals surface area (Å²) in [5, 5.41) is 18.2. The SMILES string of the molecule is Cc1nc2[n+](=O)nc(C)nc-2n([O-])n1. The van der Waals surface area contributed by atoms with Crippen LogP contribution in [0.1, 0.15) is 11.6 Å². The molecule has 0 spiro atoms. The molecule has 2 rings (SSSR count). The van der Waals surface area contributed by atoms with Crippen molar-refractivity contribution in [2.45, 2.75) is 13.8 Å². The number of hydrogen-bond donors (Lipinski definition) is 0. The van der Waals surface area contributed by atoms with Gasteiger partial charge in [-0.15, -0.1) is 5.10 Å². The summed E-state index contributed by atoms with van der Waals surface area (Å²) < 4.78 is 0.265. The lowest BCUT2D eigenvalue weighted by Crippen LogP contribution is -2.30. The Kier molecular flexibility index (Phi) is 1.63. The minimum atomic E-state index is -0.127. The van der Waals surface area contributed by atoms with Gasteiger partial charge in [-0.1, -0.05) is 0 Å². The maximum atomic E-state index is 11.2. The molecule has 0 aromatic heterocycles. The summed E-state index contributed by atoms with van der Waals surface area (Å²) in [5.41, 5.74) is 0. The third-order valence-electron chi connectivity index (χ3n) is 1.57. The minimum absolute atomic E-state index is 0.127. The Hall–Kier alpha value is -2.12. The molecule has 0 amide bonds. The number of hydrogen-bond acceptors (Lipinski definition) is 6. The Morgan fingerprint density at radius 1 is 1.29 bits per heavy atom. The quantitative estimate of drug-likeness (QED) is 0.501. The van der Waals surface area contributed by atoms with Crippen LogP contribution in [-0.2, 0) is 0 Å². The maximum absolute atomic E-state index is 11.2. The van der Waals surface area contributed by atoms with E-state index in [1.165, 1.54) is 13.8 Å². The Balaban J connectivity index is 2.93. The molecule has 2 aliphatic rings. The van der Waals surface area contributed by atoms with Gasteiger partial charge in [0.05, 0.1) is 0 Å². The predicted molar refractivity (Wildman–Crippen MR) is 43.8 cm³/mol. The van der Waals surface area contributed by atoms with Crippen molar-refractivity contribution in [1.82, 2.24) is 25.0 Å². The number of aryl methyl sites for hydroxylation is 2. The first-order valence-corrected chi connectivity index (χ1v) is 3.80. The topological polar surface area (TPSA) is 103 Å². The van der Waals surface area contributed by atoms with Crippen molar-refractivity contribution in [3.05, 3.63) is 21.8 Å². The fourth-order valence-electron chi connectivity index (χ4n) is 1.07. The fourth-order valence-corrected chi connectivity index (χ4v) is 1.07. The number of aromatic nitrogens is 6. The lowest BCUT2D eigenvalue weighted by atomic mass is 10.5. The van der Waals surface area contributed by atoms with Gasteiger partial charge in [-0.2, -0.15) is 0 Å². The Morgan fingerprint density at radius 2 is 2.00 bits per heavy atom. The third kappa shape index (κ3) is 1.16. The molecule has 8 nitrogen and oxygen atoms in total. The maximum Gasteiger partial charge on any atom is 0.437 e. The van der Waals surface area contributed by atoms with Crippen LogP contribution in [0.2, 0.25) is 0 Å². The van der Waals surface area contributed by atoms with Gasteiger partial charge in [0.2, 0.25) is 5.82 Å². The molecule has 0 saturated carbocycles. The van der Waals surface area contributed by atoms with Crippen molar-refractivity contribution in [3.63, 3.8) is 0 Å². The molecule has 8 heteroatoms. The van der Waals surface area contributed by atoms with E-state index >= 15 is 0 Å². The second kappa shape index (κ2) is 2.69. The molecule has 0 unspecified atom stereocenters. The summed E-state index contributed by atoms with van der Waals surface area (Å²) in [6.07, 6.45) is 0. The number of nitrogens with zero attached hydrogens (tertiary/aromatic N) is 6. The average molecular weight is 194 g/mol. The molecule has 72 valence electrons. The van der Waals surface area contributed by atoms with Gasteiger partial charge in [-0.3, -0.25) is 4.85 Å². The van der Waals surface area contributed by atoms with Gasteiger partial charge in [0.25, 0.3) is 5.82 Å². The Bertz CT molecular complexity index is 521. The van der Waals surface area contributed by atoms with Crippen molar-refractivity contribution in [2.24, 2.45) is 0 Å². The second-order valence-corrected chi connectivity index (χ2v) is 2.71. The van der Waals surface area contributed by atoms with E-state index in [4.69, 9.17) is 0 Å². The zero-order valence-corrected chi connectivity index (χ0v) is 7.50. The lowest BCUT2D eigenvalue weighted by molar-refractivity contribution is -0.558. The zero-order chi connectivity index (χ0) is 10.3. The van der Waals surface area contributed by atoms with Gasteiger partial charge in [-0.05, 0) is 21.9 Å². The standard InChI is InChI=1S/C6H6N6O2/c1-3-7-5-6(11(13)9-3)8-4(2)10-12(5)14/h1-2H3. The first kappa shape index (κ1) is 8.48. The molecule has 0 radical (unpaired) electrons. The molecule has 0 bridgehead atoms. The molecule has 0 saturated heterocycles. The largest absolute Gasteiger partial charge is 0.789 e. The van der Waals surface area contributed by atoms with Crippen LogP contribution in [0.4, 0.5) is 0 Å². The zero-order valence-electron chi connectivity index (χ0n) is 7.50. The van der Waals surface area contributed by atoms with Gasteiger partial charge < -0.3 is 5.21 Å². The normalized spacial score (nSPS) is 10.7. The van der Waals surface area contributed by atoms with Gasteiger partial charge in [0, 0.05) is 6.92 Å². The highest BCUT2D eigenvalue weighted by Crippen LogP contribution is 2.08. The third-order valence-corrected chi connectivity index (χ3v) is 1.57. The van der Waals surface area contributed by atoms with Crippen LogP contribution in [0.5, 0.6) is 0 Å². The summed E-state index contributed by atoms with van der Waals surface area (Å²) in [7, 11) is 0. The monoisotopic (exact) mass is 194 g/mol. The Morgan fingerprint density at radius 3 is 2.71 bits per heavy atom. The van der Waals surface area contributed by atoms with Crippen molar-refractivity contribution in [3.8, 4) is 11.6 Å². The van der Waals surface area contributed by atoms with E-state index in [0.29, 0.717) is 0 Å². The van der Waals surface area contributed by atoms with Crippen molar-refractivity contribution in [2.75, 3.05) is 0 Å². The van der Waals surface area contributed by atoms with Crippen LogP contribution in [0.25, 0.3) is 11.6 Å². The van der Waals surface area contributed by atoms with E-state index in [0.717, 1.165) is 0 Å². The Labute approximate surface area is 77.8 Å². The fraction of sp³-hybridized carbons (Fsp3) is 0.333. The number of fused-ring (bicyclic) bond motifs is 1. The first-order chi connectivity index (χ1) is 6.58. The van der Waals surface area contributed by atoms with Crippen LogP contribution >= 0.6 is 0 Å². The molecular formula is C6H6N6O2. The smallest absolute Gasteiger partial charge is 0.437 e. The second-order valence-electron chi connectivity index (χ2n) is 2.71. The summed E-state index contributed by atoms with van der Waals surface area (Å²) in [5.74, 6) is 0.144. The first-order valence-electron chi connectivity index (χ1n) is 3.80. The molecular weight excluding hydrogens is 188 g/mol. The lowest BCUT2D eigenvalue weighted by Gasteiger charge is -2.09. The molecule has 0 aromatic carbocycles. The highest BCUT2D eigenvalue weighted by molar-refractivity contribution is 5.39. The molecule has 0 aliphatic carbocycles. The average Bonchev–Trinajstić information content (AvgIpc) is 2.07. The van der Waals surface area contributed by atoms with Crippen LogP contribution in [0.3, 0.4) is 0 Å². The van der Waals surface area contributed by atoms with Crippen molar-refractivity contribution < 1.29 is 4.54 Å². The van der Waals surface area contributed by atoms with Gasteiger partial charge >= 0.3 is 5.82 Å². The van der Waals surface area contributed by atoms with E-state index in [2.05, 4.69) is 20.2 Å².